The SMILES string of the molecule is CNC1C(CN(C)CC2CC2)CCCC1(C)C. The molecule has 0 aromatic heterocycles. The molecule has 2 unspecified atom stereocenters. The fourth-order valence-electron chi connectivity index (χ4n) is 3.82. The molecule has 2 nitrogen and oxygen atoms in total. The van der Waals surface area contributed by atoms with Gasteiger partial charge in [-0.15, -0.1) is 0 Å². The van der Waals surface area contributed by atoms with Crippen LogP contribution in [-0.2, 0) is 0 Å². The predicted octanol–water partition coefficient (Wildman–Crippen LogP) is 2.74. The third kappa shape index (κ3) is 3.45. The zero-order valence-corrected chi connectivity index (χ0v) is 12.1. The molecule has 0 aromatic rings. The molecular formula is C15H30N2. The van der Waals surface area contributed by atoms with E-state index in [-0.39, 0.29) is 0 Å². The van der Waals surface area contributed by atoms with Gasteiger partial charge in [0.1, 0.15) is 0 Å². The first-order chi connectivity index (χ1) is 8.03. The zero-order valence-electron chi connectivity index (χ0n) is 12.1. The van der Waals surface area contributed by atoms with Crippen molar-refractivity contribution in [2.45, 2.75) is 52.0 Å². The topological polar surface area (TPSA) is 15.3 Å². The Bertz CT molecular complexity index is 245. The van der Waals surface area contributed by atoms with E-state index >= 15 is 0 Å². The van der Waals surface area contributed by atoms with E-state index in [1.807, 2.05) is 0 Å². The Hall–Kier alpha value is -0.0800. The molecule has 2 rings (SSSR count). The molecule has 0 amide bonds. The maximum Gasteiger partial charge on any atom is 0.0156 e. The predicted molar refractivity (Wildman–Crippen MR) is 74.2 cm³/mol. The molecule has 0 heterocycles. The van der Waals surface area contributed by atoms with E-state index in [1.165, 1.54) is 45.2 Å². The van der Waals surface area contributed by atoms with Crippen LogP contribution in [0.1, 0.15) is 46.0 Å². The highest BCUT2D eigenvalue weighted by Gasteiger charge is 2.38. The van der Waals surface area contributed by atoms with Crippen LogP contribution in [-0.4, -0.2) is 38.1 Å². The molecule has 1 N–H and O–H groups in total. The minimum Gasteiger partial charge on any atom is -0.316 e. The monoisotopic (exact) mass is 238 g/mol. The molecular weight excluding hydrogens is 208 g/mol. The van der Waals surface area contributed by atoms with Crippen LogP contribution in [0.5, 0.6) is 0 Å². The van der Waals surface area contributed by atoms with Crippen molar-refractivity contribution in [1.29, 1.82) is 0 Å². The minimum absolute atomic E-state index is 0.470. The molecule has 17 heavy (non-hydrogen) atoms. The minimum atomic E-state index is 0.470. The van der Waals surface area contributed by atoms with Crippen LogP contribution in [0.4, 0.5) is 0 Å². The summed E-state index contributed by atoms with van der Waals surface area (Å²) in [4.78, 5) is 2.58. The summed E-state index contributed by atoms with van der Waals surface area (Å²) in [5, 5.41) is 3.59. The molecule has 2 atom stereocenters. The number of nitrogens with one attached hydrogen (secondary N) is 1. The smallest absolute Gasteiger partial charge is 0.0156 e. The lowest BCUT2D eigenvalue weighted by Crippen LogP contribution is -2.51. The highest BCUT2D eigenvalue weighted by Crippen LogP contribution is 2.39. The molecule has 2 aliphatic carbocycles. The fourth-order valence-corrected chi connectivity index (χ4v) is 3.82. The molecule has 2 aliphatic rings. The van der Waals surface area contributed by atoms with Crippen molar-refractivity contribution in [2.24, 2.45) is 17.3 Å². The second kappa shape index (κ2) is 5.27. The Balaban J connectivity index is 1.88. The highest BCUT2D eigenvalue weighted by atomic mass is 15.1. The van der Waals surface area contributed by atoms with Crippen LogP contribution in [0.25, 0.3) is 0 Å². The third-order valence-electron chi connectivity index (χ3n) is 4.83. The van der Waals surface area contributed by atoms with E-state index in [1.54, 1.807) is 0 Å². The lowest BCUT2D eigenvalue weighted by Gasteiger charge is -2.45. The average Bonchev–Trinajstić information content (AvgIpc) is 3.00. The maximum absolute atomic E-state index is 3.59. The maximum atomic E-state index is 3.59. The Morgan fingerprint density at radius 2 is 1.88 bits per heavy atom. The standard InChI is InChI=1S/C15H30N2/c1-15(2)9-5-6-13(14(15)16-3)11-17(4)10-12-7-8-12/h12-14,16H,5-11H2,1-4H3. The summed E-state index contributed by atoms with van der Waals surface area (Å²) in [6, 6.07) is 0.693. The number of hydrogen-bond donors (Lipinski definition) is 1. The van der Waals surface area contributed by atoms with Crippen molar-refractivity contribution in [3.8, 4) is 0 Å². The summed E-state index contributed by atoms with van der Waals surface area (Å²) in [6.07, 6.45) is 7.13. The van der Waals surface area contributed by atoms with Gasteiger partial charge < -0.3 is 10.2 Å². The molecule has 2 heteroatoms. The molecule has 2 fully saturated rings. The van der Waals surface area contributed by atoms with Crippen LogP contribution in [0, 0.1) is 17.3 Å². The van der Waals surface area contributed by atoms with Gasteiger partial charge in [0.25, 0.3) is 0 Å². The van der Waals surface area contributed by atoms with Crippen molar-refractivity contribution in [1.82, 2.24) is 10.2 Å². The first kappa shape index (κ1) is 13.4. The van der Waals surface area contributed by atoms with E-state index in [4.69, 9.17) is 0 Å². The van der Waals surface area contributed by atoms with E-state index in [0.717, 1.165) is 11.8 Å². The summed E-state index contributed by atoms with van der Waals surface area (Å²) in [7, 11) is 4.46. The number of hydrogen-bond acceptors (Lipinski definition) is 2. The van der Waals surface area contributed by atoms with Gasteiger partial charge in [-0.3, -0.25) is 0 Å². The largest absolute Gasteiger partial charge is 0.316 e. The highest BCUT2D eigenvalue weighted by molar-refractivity contribution is 4.93. The Kier molecular flexibility index (Phi) is 4.14. The van der Waals surface area contributed by atoms with Crippen LogP contribution in [0.15, 0.2) is 0 Å². The molecule has 0 saturated heterocycles. The fraction of sp³-hybridized carbons (Fsp3) is 1.00. The van der Waals surface area contributed by atoms with E-state index in [2.05, 4.69) is 38.2 Å². The Morgan fingerprint density at radius 1 is 1.18 bits per heavy atom. The quantitative estimate of drug-likeness (QED) is 0.792. The molecule has 0 bridgehead atoms. The molecule has 100 valence electrons. The summed E-state index contributed by atoms with van der Waals surface area (Å²) in [5.74, 6) is 1.86. The normalized spacial score (nSPS) is 33.0. The molecule has 0 aliphatic heterocycles. The van der Waals surface area contributed by atoms with Crippen molar-refractivity contribution < 1.29 is 0 Å². The summed E-state index contributed by atoms with van der Waals surface area (Å²) in [5.41, 5.74) is 0.470. The van der Waals surface area contributed by atoms with Crippen LogP contribution in [0.2, 0.25) is 0 Å². The van der Waals surface area contributed by atoms with Crippen molar-refractivity contribution in [2.75, 3.05) is 27.2 Å². The van der Waals surface area contributed by atoms with Gasteiger partial charge in [-0.2, -0.15) is 0 Å². The summed E-state index contributed by atoms with van der Waals surface area (Å²) < 4.78 is 0. The van der Waals surface area contributed by atoms with E-state index in [0.29, 0.717) is 11.5 Å². The number of nitrogens with zero attached hydrogens (tertiary/aromatic N) is 1. The summed E-state index contributed by atoms with van der Waals surface area (Å²) in [6.45, 7) is 7.47. The van der Waals surface area contributed by atoms with Crippen LogP contribution >= 0.6 is 0 Å². The van der Waals surface area contributed by atoms with Gasteiger partial charge in [-0.1, -0.05) is 20.3 Å². The first-order valence-corrected chi connectivity index (χ1v) is 7.39. The van der Waals surface area contributed by atoms with Gasteiger partial charge in [0.2, 0.25) is 0 Å². The Labute approximate surface area is 107 Å². The van der Waals surface area contributed by atoms with Gasteiger partial charge in [-0.05, 0) is 57.0 Å². The molecule has 0 spiro atoms. The van der Waals surface area contributed by atoms with Crippen molar-refractivity contribution in [3.63, 3.8) is 0 Å². The van der Waals surface area contributed by atoms with E-state index < -0.39 is 0 Å². The van der Waals surface area contributed by atoms with Crippen LogP contribution in [0.3, 0.4) is 0 Å². The van der Waals surface area contributed by atoms with Crippen molar-refractivity contribution >= 4 is 0 Å². The lowest BCUT2D eigenvalue weighted by molar-refractivity contribution is 0.0894. The van der Waals surface area contributed by atoms with E-state index in [9.17, 15) is 0 Å². The average molecular weight is 238 g/mol. The Morgan fingerprint density at radius 3 is 2.47 bits per heavy atom. The van der Waals surface area contributed by atoms with Gasteiger partial charge in [0.05, 0.1) is 0 Å². The third-order valence-corrected chi connectivity index (χ3v) is 4.83. The van der Waals surface area contributed by atoms with Crippen LogP contribution < -0.4 is 5.32 Å². The molecule has 2 saturated carbocycles. The van der Waals surface area contributed by atoms with Gasteiger partial charge in [0.15, 0.2) is 0 Å². The second-order valence-electron chi connectivity index (χ2n) is 7.07. The lowest BCUT2D eigenvalue weighted by atomic mass is 9.68. The summed E-state index contributed by atoms with van der Waals surface area (Å²) >= 11 is 0. The van der Waals surface area contributed by atoms with Gasteiger partial charge in [0, 0.05) is 19.1 Å². The van der Waals surface area contributed by atoms with Gasteiger partial charge in [-0.25, -0.2) is 0 Å². The second-order valence-corrected chi connectivity index (χ2v) is 7.07. The molecule has 0 aromatic carbocycles. The number of rotatable bonds is 5. The van der Waals surface area contributed by atoms with Crippen molar-refractivity contribution in [3.05, 3.63) is 0 Å². The zero-order chi connectivity index (χ0) is 12.5. The molecule has 0 radical (unpaired) electrons. The van der Waals surface area contributed by atoms with Gasteiger partial charge >= 0.3 is 0 Å². The first-order valence-electron chi connectivity index (χ1n) is 7.39.